The molecule has 102 valence electrons. The minimum Gasteiger partial charge on any atom is -0.393 e. The molecule has 2 N–H and O–H groups in total. The summed E-state index contributed by atoms with van der Waals surface area (Å²) in [6.07, 6.45) is 4.56. The molecular weight excluding hydrogens is 228 g/mol. The van der Waals surface area contributed by atoms with Crippen molar-refractivity contribution in [3.63, 3.8) is 0 Å². The summed E-state index contributed by atoms with van der Waals surface area (Å²) in [5.74, 6) is 0.192. The van der Waals surface area contributed by atoms with Crippen molar-refractivity contribution in [1.82, 2.24) is 5.32 Å². The highest BCUT2D eigenvalue weighted by molar-refractivity contribution is 5.85. The molecule has 18 heavy (non-hydrogen) atoms. The third kappa shape index (κ3) is 3.46. The topological polar surface area (TPSA) is 73.1 Å². The van der Waals surface area contributed by atoms with Crippen LogP contribution in [0.2, 0.25) is 0 Å². The summed E-state index contributed by atoms with van der Waals surface area (Å²) in [5, 5.41) is 21.6. The minimum absolute atomic E-state index is 0.157. The number of hydrogen-bond acceptors (Lipinski definition) is 3. The first kappa shape index (κ1) is 15.0. The van der Waals surface area contributed by atoms with E-state index in [1.165, 1.54) is 0 Å². The van der Waals surface area contributed by atoms with Crippen LogP contribution in [0.25, 0.3) is 0 Å². The molecule has 0 saturated heterocycles. The summed E-state index contributed by atoms with van der Waals surface area (Å²) in [5.41, 5.74) is -0.882. The van der Waals surface area contributed by atoms with E-state index in [0.29, 0.717) is 25.3 Å². The summed E-state index contributed by atoms with van der Waals surface area (Å²) in [4.78, 5) is 12.1. The molecule has 2 unspecified atom stereocenters. The number of carbonyl (C=O) groups is 1. The van der Waals surface area contributed by atoms with Crippen LogP contribution in [0, 0.1) is 22.7 Å². The van der Waals surface area contributed by atoms with E-state index in [0.717, 1.165) is 25.7 Å². The van der Waals surface area contributed by atoms with E-state index in [-0.39, 0.29) is 12.0 Å². The first-order valence-corrected chi connectivity index (χ1v) is 6.95. The molecule has 0 aromatic rings. The van der Waals surface area contributed by atoms with Gasteiger partial charge < -0.3 is 10.4 Å². The van der Waals surface area contributed by atoms with Crippen LogP contribution in [-0.4, -0.2) is 23.7 Å². The quantitative estimate of drug-likeness (QED) is 0.785. The maximum atomic E-state index is 12.1. The average molecular weight is 252 g/mol. The molecule has 1 saturated carbocycles. The monoisotopic (exact) mass is 252 g/mol. The van der Waals surface area contributed by atoms with Gasteiger partial charge in [-0.05, 0) is 38.0 Å². The second-order valence-corrected chi connectivity index (χ2v) is 5.30. The van der Waals surface area contributed by atoms with Crippen LogP contribution in [0.15, 0.2) is 0 Å². The van der Waals surface area contributed by atoms with Gasteiger partial charge >= 0.3 is 0 Å². The van der Waals surface area contributed by atoms with Gasteiger partial charge in [0.05, 0.1) is 12.2 Å². The molecule has 1 fully saturated rings. The lowest BCUT2D eigenvalue weighted by molar-refractivity contribution is -0.128. The van der Waals surface area contributed by atoms with Gasteiger partial charge in [0.15, 0.2) is 0 Å². The Balaban J connectivity index is 2.47. The van der Waals surface area contributed by atoms with Gasteiger partial charge in [0, 0.05) is 6.54 Å². The number of amides is 1. The van der Waals surface area contributed by atoms with Crippen molar-refractivity contribution in [2.45, 2.75) is 58.5 Å². The Morgan fingerprint density at radius 3 is 2.61 bits per heavy atom. The zero-order chi connectivity index (χ0) is 13.6. The summed E-state index contributed by atoms with van der Waals surface area (Å²) < 4.78 is 0. The number of rotatable bonds is 5. The molecule has 0 aromatic heterocycles. The molecule has 1 aliphatic carbocycles. The summed E-state index contributed by atoms with van der Waals surface area (Å²) >= 11 is 0. The molecule has 0 heterocycles. The van der Waals surface area contributed by atoms with Crippen molar-refractivity contribution < 1.29 is 9.90 Å². The van der Waals surface area contributed by atoms with Crippen molar-refractivity contribution in [1.29, 1.82) is 5.26 Å². The fourth-order valence-electron chi connectivity index (χ4n) is 2.63. The predicted molar refractivity (Wildman–Crippen MR) is 69.6 cm³/mol. The maximum absolute atomic E-state index is 12.1. The second kappa shape index (κ2) is 6.75. The summed E-state index contributed by atoms with van der Waals surface area (Å²) in [7, 11) is 0. The Kier molecular flexibility index (Phi) is 5.61. The number of nitrogens with one attached hydrogen (secondary N) is 1. The number of aliphatic hydroxyl groups is 1. The van der Waals surface area contributed by atoms with Gasteiger partial charge in [-0.25, -0.2) is 0 Å². The van der Waals surface area contributed by atoms with Crippen LogP contribution in [0.1, 0.15) is 52.4 Å². The van der Waals surface area contributed by atoms with Crippen molar-refractivity contribution in [2.24, 2.45) is 11.3 Å². The Morgan fingerprint density at radius 1 is 1.44 bits per heavy atom. The third-order valence-electron chi connectivity index (χ3n) is 4.16. The van der Waals surface area contributed by atoms with Crippen molar-refractivity contribution in [2.75, 3.05) is 6.54 Å². The highest BCUT2D eigenvalue weighted by Gasteiger charge is 2.35. The molecule has 0 aromatic carbocycles. The van der Waals surface area contributed by atoms with Gasteiger partial charge in [0.25, 0.3) is 0 Å². The fraction of sp³-hybridized carbons (Fsp3) is 0.857. The molecule has 1 aliphatic rings. The molecule has 1 amide bonds. The first-order valence-electron chi connectivity index (χ1n) is 6.95. The summed E-state index contributed by atoms with van der Waals surface area (Å²) in [6.45, 7) is 4.33. The number of nitrogens with zero attached hydrogens (tertiary/aromatic N) is 1. The first-order chi connectivity index (χ1) is 8.57. The fourth-order valence-corrected chi connectivity index (χ4v) is 2.63. The van der Waals surface area contributed by atoms with Crippen molar-refractivity contribution in [3.05, 3.63) is 0 Å². The van der Waals surface area contributed by atoms with E-state index >= 15 is 0 Å². The van der Waals surface area contributed by atoms with Crippen LogP contribution >= 0.6 is 0 Å². The molecule has 0 spiro atoms. The van der Waals surface area contributed by atoms with Gasteiger partial charge in [0.2, 0.25) is 5.91 Å². The molecule has 0 aliphatic heterocycles. The lowest BCUT2D eigenvalue weighted by Crippen LogP contribution is -2.42. The van der Waals surface area contributed by atoms with Crippen LogP contribution in [-0.2, 0) is 4.79 Å². The molecular formula is C14H24N2O2. The zero-order valence-corrected chi connectivity index (χ0v) is 11.4. The van der Waals surface area contributed by atoms with Gasteiger partial charge in [-0.15, -0.1) is 0 Å². The smallest absolute Gasteiger partial charge is 0.240 e. The Bertz CT molecular complexity index is 318. The number of aliphatic hydroxyl groups excluding tert-OH is 1. The van der Waals surface area contributed by atoms with Crippen LogP contribution < -0.4 is 5.32 Å². The van der Waals surface area contributed by atoms with Crippen LogP contribution in [0.5, 0.6) is 0 Å². The predicted octanol–water partition coefficient (Wildman–Crippen LogP) is 1.98. The van der Waals surface area contributed by atoms with Gasteiger partial charge in [-0.3, -0.25) is 4.79 Å². The van der Waals surface area contributed by atoms with Crippen LogP contribution in [0.3, 0.4) is 0 Å². The van der Waals surface area contributed by atoms with E-state index in [1.807, 2.05) is 13.8 Å². The second-order valence-electron chi connectivity index (χ2n) is 5.30. The van der Waals surface area contributed by atoms with Gasteiger partial charge in [-0.1, -0.05) is 20.3 Å². The molecule has 0 bridgehead atoms. The van der Waals surface area contributed by atoms with E-state index in [2.05, 4.69) is 11.4 Å². The molecule has 0 radical (unpaired) electrons. The van der Waals surface area contributed by atoms with Crippen LogP contribution in [0.4, 0.5) is 0 Å². The SMILES string of the molecule is CCC(C#N)(CC)C(=O)NCC1CCCC(O)C1. The molecule has 4 nitrogen and oxygen atoms in total. The van der Waals surface area contributed by atoms with E-state index in [1.54, 1.807) is 0 Å². The molecule has 1 rings (SSSR count). The van der Waals surface area contributed by atoms with E-state index in [4.69, 9.17) is 0 Å². The standard InChI is InChI=1S/C14H24N2O2/c1-3-14(4-2,10-15)13(18)16-9-11-6-5-7-12(17)8-11/h11-12,17H,3-9H2,1-2H3,(H,16,18). The minimum atomic E-state index is -0.882. The number of carbonyl (C=O) groups excluding carboxylic acids is 1. The lowest BCUT2D eigenvalue weighted by atomic mass is 9.82. The average Bonchev–Trinajstić information content (AvgIpc) is 2.39. The van der Waals surface area contributed by atoms with E-state index < -0.39 is 5.41 Å². The normalized spacial score (nSPS) is 24.3. The van der Waals surface area contributed by atoms with Gasteiger partial charge in [0.1, 0.15) is 5.41 Å². The summed E-state index contributed by atoms with van der Waals surface area (Å²) in [6, 6.07) is 2.15. The Hall–Kier alpha value is -1.08. The van der Waals surface area contributed by atoms with Crippen molar-refractivity contribution in [3.8, 4) is 6.07 Å². The lowest BCUT2D eigenvalue weighted by Gasteiger charge is -2.28. The van der Waals surface area contributed by atoms with Gasteiger partial charge in [-0.2, -0.15) is 5.26 Å². The largest absolute Gasteiger partial charge is 0.393 e. The molecule has 4 heteroatoms. The van der Waals surface area contributed by atoms with Crippen molar-refractivity contribution >= 4 is 5.91 Å². The highest BCUT2D eigenvalue weighted by Crippen LogP contribution is 2.27. The molecule has 2 atom stereocenters. The zero-order valence-electron chi connectivity index (χ0n) is 11.4. The van der Waals surface area contributed by atoms with E-state index in [9.17, 15) is 15.2 Å². The Labute approximate surface area is 109 Å². The number of nitriles is 1. The number of hydrogen-bond donors (Lipinski definition) is 2. The highest BCUT2D eigenvalue weighted by atomic mass is 16.3. The Morgan fingerprint density at radius 2 is 2.11 bits per heavy atom. The third-order valence-corrected chi connectivity index (χ3v) is 4.16. The maximum Gasteiger partial charge on any atom is 0.240 e.